The number of carbonyl (C=O) groups is 1. The van der Waals surface area contributed by atoms with Gasteiger partial charge in [0.25, 0.3) is 5.91 Å². The number of benzene rings is 1. The molecule has 0 atom stereocenters. The van der Waals surface area contributed by atoms with Gasteiger partial charge in [-0.2, -0.15) is 0 Å². The molecule has 0 aliphatic rings. The summed E-state index contributed by atoms with van der Waals surface area (Å²) in [4.78, 5) is 14.1. The van der Waals surface area contributed by atoms with E-state index in [1.807, 2.05) is 44.2 Å². The molecule has 0 spiro atoms. The number of aromatic nitrogens is 2. The quantitative estimate of drug-likeness (QED) is 0.912. The first-order valence-electron chi connectivity index (χ1n) is 6.20. The van der Waals surface area contributed by atoms with E-state index in [9.17, 15) is 4.79 Å². The summed E-state index contributed by atoms with van der Waals surface area (Å²) >= 11 is 1.28. The van der Waals surface area contributed by atoms with Crippen LogP contribution in [0.25, 0.3) is 0 Å². The van der Waals surface area contributed by atoms with Gasteiger partial charge in [-0.05, 0) is 26.0 Å². The van der Waals surface area contributed by atoms with Gasteiger partial charge in [-0.3, -0.25) is 4.79 Å². The second kappa shape index (κ2) is 6.29. The molecule has 19 heavy (non-hydrogen) atoms. The minimum atomic E-state index is -0.115. The zero-order valence-corrected chi connectivity index (χ0v) is 11.8. The van der Waals surface area contributed by atoms with Crippen LogP contribution < -0.4 is 10.2 Å². The lowest BCUT2D eigenvalue weighted by molar-refractivity contribution is 0.0987. The van der Waals surface area contributed by atoms with Crippen LogP contribution in [-0.2, 0) is 0 Å². The molecule has 0 saturated heterocycles. The van der Waals surface area contributed by atoms with Crippen molar-refractivity contribution in [3.05, 3.63) is 35.3 Å². The first-order valence-corrected chi connectivity index (χ1v) is 7.02. The second-order valence-electron chi connectivity index (χ2n) is 3.83. The number of hydrogen-bond acceptors (Lipinski definition) is 5. The maximum atomic E-state index is 12.4. The number of carbonyl (C=O) groups excluding carboxylic acids is 1. The first kappa shape index (κ1) is 13.5. The van der Waals surface area contributed by atoms with Gasteiger partial charge < -0.3 is 10.2 Å². The number of para-hydroxylation sites is 1. The lowest BCUT2D eigenvalue weighted by atomic mass is 10.3. The Morgan fingerprint density at radius 3 is 2.63 bits per heavy atom. The summed E-state index contributed by atoms with van der Waals surface area (Å²) in [6.07, 6.45) is 0. The van der Waals surface area contributed by atoms with Crippen LogP contribution in [0.3, 0.4) is 0 Å². The van der Waals surface area contributed by atoms with E-state index < -0.39 is 0 Å². The molecule has 0 bridgehead atoms. The van der Waals surface area contributed by atoms with Crippen molar-refractivity contribution < 1.29 is 4.79 Å². The first-order chi connectivity index (χ1) is 9.26. The van der Waals surface area contributed by atoms with E-state index in [1.165, 1.54) is 11.3 Å². The van der Waals surface area contributed by atoms with E-state index in [4.69, 9.17) is 0 Å². The second-order valence-corrected chi connectivity index (χ2v) is 4.81. The standard InChI is InChI=1S/C13H16N4OS/c1-3-14-13-16-15-11(19-13)12(18)17(4-2)10-8-6-5-7-9-10/h5-9H,3-4H2,1-2H3,(H,14,16). The molecule has 2 rings (SSSR count). The zero-order chi connectivity index (χ0) is 13.7. The van der Waals surface area contributed by atoms with Crippen molar-refractivity contribution in [2.24, 2.45) is 0 Å². The summed E-state index contributed by atoms with van der Waals surface area (Å²) in [6, 6.07) is 9.57. The molecule has 1 N–H and O–H groups in total. The predicted octanol–water partition coefficient (Wildman–Crippen LogP) is 2.64. The average molecular weight is 276 g/mol. The number of nitrogens with one attached hydrogen (secondary N) is 1. The van der Waals surface area contributed by atoms with E-state index in [0.717, 1.165) is 12.2 Å². The maximum absolute atomic E-state index is 12.4. The molecule has 0 unspecified atom stereocenters. The van der Waals surface area contributed by atoms with Gasteiger partial charge in [0, 0.05) is 18.8 Å². The Morgan fingerprint density at radius 2 is 2.00 bits per heavy atom. The molecule has 0 fully saturated rings. The molecule has 0 radical (unpaired) electrons. The van der Waals surface area contributed by atoms with Crippen molar-refractivity contribution >= 4 is 28.1 Å². The fourth-order valence-electron chi connectivity index (χ4n) is 1.70. The SMILES string of the molecule is CCNc1nnc(C(=O)N(CC)c2ccccc2)s1. The fourth-order valence-corrected chi connectivity index (χ4v) is 2.46. The van der Waals surface area contributed by atoms with E-state index in [1.54, 1.807) is 4.90 Å². The van der Waals surface area contributed by atoms with Gasteiger partial charge >= 0.3 is 0 Å². The molecule has 1 aromatic heterocycles. The van der Waals surface area contributed by atoms with Gasteiger partial charge in [-0.1, -0.05) is 29.5 Å². The summed E-state index contributed by atoms with van der Waals surface area (Å²) in [6.45, 7) is 5.28. The largest absolute Gasteiger partial charge is 0.360 e. The number of amides is 1. The van der Waals surface area contributed by atoms with Gasteiger partial charge in [0.1, 0.15) is 0 Å². The van der Waals surface area contributed by atoms with Crippen LogP contribution in [0.5, 0.6) is 0 Å². The highest BCUT2D eigenvalue weighted by atomic mass is 32.1. The highest BCUT2D eigenvalue weighted by Gasteiger charge is 2.20. The molecule has 0 aliphatic heterocycles. The molecule has 1 amide bonds. The average Bonchev–Trinajstić information content (AvgIpc) is 2.90. The van der Waals surface area contributed by atoms with Crippen molar-refractivity contribution in [3.8, 4) is 0 Å². The highest BCUT2D eigenvalue weighted by Crippen LogP contribution is 2.20. The van der Waals surface area contributed by atoms with Crippen molar-refractivity contribution in [1.82, 2.24) is 10.2 Å². The Labute approximate surface area is 116 Å². The number of rotatable bonds is 5. The van der Waals surface area contributed by atoms with Crippen LogP contribution in [0.4, 0.5) is 10.8 Å². The van der Waals surface area contributed by atoms with E-state index >= 15 is 0 Å². The van der Waals surface area contributed by atoms with Crippen molar-refractivity contribution in [2.45, 2.75) is 13.8 Å². The zero-order valence-electron chi connectivity index (χ0n) is 11.0. The van der Waals surface area contributed by atoms with Crippen LogP contribution >= 0.6 is 11.3 Å². The Morgan fingerprint density at radius 1 is 1.26 bits per heavy atom. The molecule has 2 aromatic rings. The van der Waals surface area contributed by atoms with Crippen molar-refractivity contribution in [2.75, 3.05) is 23.3 Å². The van der Waals surface area contributed by atoms with Gasteiger partial charge in [0.2, 0.25) is 10.1 Å². The molecule has 6 heteroatoms. The third kappa shape index (κ3) is 3.08. The van der Waals surface area contributed by atoms with E-state index in [-0.39, 0.29) is 5.91 Å². The lowest BCUT2D eigenvalue weighted by Gasteiger charge is -2.19. The number of anilines is 2. The van der Waals surface area contributed by atoms with Gasteiger partial charge in [-0.15, -0.1) is 10.2 Å². The molecule has 5 nitrogen and oxygen atoms in total. The minimum Gasteiger partial charge on any atom is -0.360 e. The van der Waals surface area contributed by atoms with Gasteiger partial charge in [-0.25, -0.2) is 0 Å². The van der Waals surface area contributed by atoms with Crippen LogP contribution in [0.2, 0.25) is 0 Å². The minimum absolute atomic E-state index is 0.115. The van der Waals surface area contributed by atoms with Crippen molar-refractivity contribution in [1.29, 1.82) is 0 Å². The molecule has 1 heterocycles. The normalized spacial score (nSPS) is 10.2. The number of nitrogens with zero attached hydrogens (tertiary/aromatic N) is 3. The maximum Gasteiger partial charge on any atom is 0.289 e. The summed E-state index contributed by atoms with van der Waals surface area (Å²) in [7, 11) is 0. The Kier molecular flexibility index (Phi) is 4.46. The summed E-state index contributed by atoms with van der Waals surface area (Å²) < 4.78 is 0. The smallest absolute Gasteiger partial charge is 0.289 e. The Hall–Kier alpha value is -1.95. The summed E-state index contributed by atoms with van der Waals surface area (Å²) in [5, 5.41) is 12.0. The topological polar surface area (TPSA) is 58.1 Å². The molecule has 1 aromatic carbocycles. The Balaban J connectivity index is 2.20. The fraction of sp³-hybridized carbons (Fsp3) is 0.308. The number of hydrogen-bond donors (Lipinski definition) is 1. The third-order valence-corrected chi connectivity index (χ3v) is 3.43. The van der Waals surface area contributed by atoms with Crippen LogP contribution in [0.1, 0.15) is 23.6 Å². The molecule has 0 aliphatic carbocycles. The third-order valence-electron chi connectivity index (χ3n) is 2.57. The molecular weight excluding hydrogens is 260 g/mol. The molecular formula is C13H16N4OS. The molecule has 100 valence electrons. The highest BCUT2D eigenvalue weighted by molar-refractivity contribution is 7.17. The monoisotopic (exact) mass is 276 g/mol. The van der Waals surface area contributed by atoms with E-state index in [0.29, 0.717) is 16.7 Å². The van der Waals surface area contributed by atoms with Gasteiger partial charge in [0.05, 0.1) is 0 Å². The Bertz CT molecular complexity index is 541. The van der Waals surface area contributed by atoms with Crippen LogP contribution in [0, 0.1) is 0 Å². The molecule has 0 saturated carbocycles. The predicted molar refractivity (Wildman–Crippen MR) is 77.9 cm³/mol. The van der Waals surface area contributed by atoms with E-state index in [2.05, 4.69) is 15.5 Å². The summed E-state index contributed by atoms with van der Waals surface area (Å²) in [5.41, 5.74) is 0.871. The lowest BCUT2D eigenvalue weighted by Crippen LogP contribution is -2.30. The van der Waals surface area contributed by atoms with Crippen LogP contribution in [0.15, 0.2) is 30.3 Å². The van der Waals surface area contributed by atoms with Gasteiger partial charge in [0.15, 0.2) is 0 Å². The summed E-state index contributed by atoms with van der Waals surface area (Å²) in [5.74, 6) is -0.115. The van der Waals surface area contributed by atoms with Crippen molar-refractivity contribution in [3.63, 3.8) is 0 Å². The van der Waals surface area contributed by atoms with Crippen LogP contribution in [-0.4, -0.2) is 29.2 Å².